The van der Waals surface area contributed by atoms with Crippen molar-refractivity contribution in [1.29, 1.82) is 0 Å². The number of halogens is 1. The number of hydrogen-bond donors (Lipinski definition) is 0. The van der Waals surface area contributed by atoms with E-state index < -0.39 is 10.0 Å². The van der Waals surface area contributed by atoms with Gasteiger partial charge in [0, 0.05) is 6.54 Å². The second-order valence-corrected chi connectivity index (χ2v) is 6.91. The minimum atomic E-state index is -3.77. The molecular weight excluding hydrogens is 338 g/mol. The first-order valence-corrected chi connectivity index (χ1v) is 8.76. The van der Waals surface area contributed by atoms with Crippen LogP contribution in [0.3, 0.4) is 0 Å². The average molecular weight is 356 g/mol. The van der Waals surface area contributed by atoms with E-state index in [1.165, 1.54) is 36.7 Å². The molecule has 2 aromatic carbocycles. The molecule has 0 aliphatic heterocycles. The SMILES string of the molecule is CCN(c1ccccc1OC)S(=O)(=O)c1ccc(OC)c(Cl)c1. The second-order valence-electron chi connectivity index (χ2n) is 4.64. The molecule has 2 rings (SSSR count). The monoisotopic (exact) mass is 355 g/mol. The highest BCUT2D eigenvalue weighted by atomic mass is 35.5. The van der Waals surface area contributed by atoms with Gasteiger partial charge in [0.1, 0.15) is 11.5 Å². The topological polar surface area (TPSA) is 55.8 Å². The fourth-order valence-corrected chi connectivity index (χ4v) is 4.07. The maximum Gasteiger partial charge on any atom is 0.264 e. The zero-order valence-electron chi connectivity index (χ0n) is 13.1. The van der Waals surface area contributed by atoms with Gasteiger partial charge in [0.05, 0.1) is 29.8 Å². The third kappa shape index (κ3) is 3.38. The Balaban J connectivity index is 2.53. The minimum absolute atomic E-state index is 0.0936. The summed E-state index contributed by atoms with van der Waals surface area (Å²) in [6, 6.07) is 11.3. The van der Waals surface area contributed by atoms with Gasteiger partial charge in [0.15, 0.2) is 0 Å². The van der Waals surface area contributed by atoms with Crippen LogP contribution in [0, 0.1) is 0 Å². The van der Waals surface area contributed by atoms with Crippen LogP contribution in [0.25, 0.3) is 0 Å². The van der Waals surface area contributed by atoms with Crippen LogP contribution in [0.1, 0.15) is 6.92 Å². The summed E-state index contributed by atoms with van der Waals surface area (Å²) in [7, 11) is -0.793. The highest BCUT2D eigenvalue weighted by Crippen LogP contribution is 2.34. The molecule has 0 saturated carbocycles. The quantitative estimate of drug-likeness (QED) is 0.794. The smallest absolute Gasteiger partial charge is 0.264 e. The average Bonchev–Trinajstić information content (AvgIpc) is 2.55. The summed E-state index contributed by atoms with van der Waals surface area (Å²) in [5.74, 6) is 0.906. The molecule has 124 valence electrons. The summed E-state index contributed by atoms with van der Waals surface area (Å²) in [4.78, 5) is 0.0936. The van der Waals surface area contributed by atoms with Gasteiger partial charge >= 0.3 is 0 Å². The van der Waals surface area contributed by atoms with Crippen LogP contribution >= 0.6 is 11.6 Å². The molecule has 0 saturated heterocycles. The lowest BCUT2D eigenvalue weighted by atomic mass is 10.3. The van der Waals surface area contributed by atoms with Gasteiger partial charge < -0.3 is 9.47 Å². The van der Waals surface area contributed by atoms with Crippen molar-refractivity contribution in [2.24, 2.45) is 0 Å². The molecule has 0 aliphatic rings. The van der Waals surface area contributed by atoms with Gasteiger partial charge in [-0.25, -0.2) is 8.42 Å². The Kier molecular flexibility index (Phi) is 5.38. The van der Waals surface area contributed by atoms with Crippen molar-refractivity contribution in [3.8, 4) is 11.5 Å². The van der Waals surface area contributed by atoms with Gasteiger partial charge in [-0.05, 0) is 37.3 Å². The summed E-state index contributed by atoms with van der Waals surface area (Å²) in [6.45, 7) is 2.02. The number of sulfonamides is 1. The first-order valence-electron chi connectivity index (χ1n) is 6.95. The number of ether oxygens (including phenoxy) is 2. The number of anilines is 1. The first-order chi connectivity index (χ1) is 11.0. The van der Waals surface area contributed by atoms with Gasteiger partial charge in [-0.1, -0.05) is 23.7 Å². The molecule has 0 heterocycles. The molecule has 0 atom stereocenters. The van der Waals surface area contributed by atoms with Gasteiger partial charge in [-0.15, -0.1) is 0 Å². The minimum Gasteiger partial charge on any atom is -0.495 e. The van der Waals surface area contributed by atoms with E-state index in [1.54, 1.807) is 31.2 Å². The standard InChI is InChI=1S/C16H18ClNO4S/c1-4-18(14-7-5-6-8-16(14)22-3)23(19,20)12-9-10-15(21-2)13(17)11-12/h5-11H,4H2,1-3H3. The van der Waals surface area contributed by atoms with Crippen LogP contribution in [-0.2, 0) is 10.0 Å². The van der Waals surface area contributed by atoms with Crippen LogP contribution in [0.2, 0.25) is 5.02 Å². The third-order valence-electron chi connectivity index (χ3n) is 3.35. The molecular formula is C16H18ClNO4S. The van der Waals surface area contributed by atoms with E-state index in [9.17, 15) is 8.42 Å². The molecule has 0 aromatic heterocycles. The van der Waals surface area contributed by atoms with Crippen LogP contribution in [-0.4, -0.2) is 29.2 Å². The van der Waals surface area contributed by atoms with E-state index in [0.717, 1.165) is 0 Å². The Morgan fingerprint density at radius 3 is 2.26 bits per heavy atom. The number of rotatable bonds is 6. The lowest BCUT2D eigenvalue weighted by Gasteiger charge is -2.24. The number of nitrogens with zero attached hydrogens (tertiary/aromatic N) is 1. The lowest BCUT2D eigenvalue weighted by Crippen LogP contribution is -2.31. The number of para-hydroxylation sites is 2. The molecule has 0 aliphatic carbocycles. The van der Waals surface area contributed by atoms with Gasteiger partial charge in [0.25, 0.3) is 10.0 Å². The number of hydrogen-bond acceptors (Lipinski definition) is 4. The van der Waals surface area contributed by atoms with Crippen molar-refractivity contribution in [3.05, 3.63) is 47.5 Å². The van der Waals surface area contributed by atoms with E-state index in [0.29, 0.717) is 17.2 Å². The normalized spacial score (nSPS) is 11.1. The summed E-state index contributed by atoms with van der Waals surface area (Å²) < 4.78 is 37.5. The molecule has 0 fully saturated rings. The third-order valence-corrected chi connectivity index (χ3v) is 5.53. The van der Waals surface area contributed by atoms with Crippen molar-refractivity contribution in [2.45, 2.75) is 11.8 Å². The van der Waals surface area contributed by atoms with E-state index in [4.69, 9.17) is 21.1 Å². The van der Waals surface area contributed by atoms with E-state index in [2.05, 4.69) is 0 Å². The highest BCUT2D eigenvalue weighted by molar-refractivity contribution is 7.92. The van der Waals surface area contributed by atoms with Gasteiger partial charge in [-0.3, -0.25) is 4.31 Å². The number of methoxy groups -OCH3 is 2. The van der Waals surface area contributed by atoms with E-state index >= 15 is 0 Å². The molecule has 7 heteroatoms. The molecule has 0 spiro atoms. The van der Waals surface area contributed by atoms with Gasteiger partial charge in [-0.2, -0.15) is 0 Å². The molecule has 0 N–H and O–H groups in total. The molecule has 0 amide bonds. The van der Waals surface area contributed by atoms with Gasteiger partial charge in [0.2, 0.25) is 0 Å². The van der Waals surface area contributed by atoms with Crippen molar-refractivity contribution in [2.75, 3.05) is 25.1 Å². The van der Waals surface area contributed by atoms with Crippen LogP contribution in [0.4, 0.5) is 5.69 Å². The van der Waals surface area contributed by atoms with Crippen molar-refractivity contribution < 1.29 is 17.9 Å². The maximum absolute atomic E-state index is 13.0. The lowest BCUT2D eigenvalue weighted by molar-refractivity contribution is 0.414. The van der Waals surface area contributed by atoms with E-state index in [-0.39, 0.29) is 16.5 Å². The van der Waals surface area contributed by atoms with Crippen molar-refractivity contribution in [1.82, 2.24) is 0 Å². The molecule has 0 unspecified atom stereocenters. The fraction of sp³-hybridized carbons (Fsp3) is 0.250. The predicted octanol–water partition coefficient (Wildman–Crippen LogP) is 3.57. The summed E-state index contributed by atoms with van der Waals surface area (Å²) in [5.41, 5.74) is 0.476. The largest absolute Gasteiger partial charge is 0.495 e. The highest BCUT2D eigenvalue weighted by Gasteiger charge is 2.26. The summed E-state index contributed by atoms with van der Waals surface area (Å²) in [6.07, 6.45) is 0. The Hall–Kier alpha value is -1.92. The number of benzene rings is 2. The molecule has 5 nitrogen and oxygen atoms in total. The first kappa shape index (κ1) is 17.4. The Morgan fingerprint density at radius 2 is 1.70 bits per heavy atom. The zero-order valence-corrected chi connectivity index (χ0v) is 14.7. The molecule has 2 aromatic rings. The molecule has 0 radical (unpaired) electrons. The Morgan fingerprint density at radius 1 is 1.04 bits per heavy atom. The summed E-state index contributed by atoms with van der Waals surface area (Å²) in [5, 5.41) is 0.240. The zero-order chi connectivity index (χ0) is 17.0. The summed E-state index contributed by atoms with van der Waals surface area (Å²) >= 11 is 6.06. The Labute approximate surface area is 141 Å². The second kappa shape index (κ2) is 7.10. The van der Waals surface area contributed by atoms with Crippen LogP contribution in [0.15, 0.2) is 47.4 Å². The maximum atomic E-state index is 13.0. The van der Waals surface area contributed by atoms with Crippen molar-refractivity contribution in [3.63, 3.8) is 0 Å². The van der Waals surface area contributed by atoms with Crippen LogP contribution in [0.5, 0.6) is 11.5 Å². The predicted molar refractivity (Wildman–Crippen MR) is 91.2 cm³/mol. The van der Waals surface area contributed by atoms with Crippen molar-refractivity contribution >= 4 is 27.3 Å². The Bertz CT molecular complexity index is 792. The molecule has 23 heavy (non-hydrogen) atoms. The molecule has 0 bridgehead atoms. The van der Waals surface area contributed by atoms with E-state index in [1.807, 2.05) is 0 Å². The fourth-order valence-electron chi connectivity index (χ4n) is 2.24. The van der Waals surface area contributed by atoms with Crippen LogP contribution < -0.4 is 13.8 Å².